The fraction of sp³-hybridized carbons (Fsp3) is 0. The zero-order chi connectivity index (χ0) is 14.0. The largest absolute Gasteiger partial charge is 0.363 e. The molecule has 0 saturated carbocycles. The number of benzene rings is 1. The number of non-ortho nitro benzene ring substituents is 1. The van der Waals surface area contributed by atoms with Crippen molar-refractivity contribution >= 4 is 40.5 Å². The quantitative estimate of drug-likeness (QED) is 0.693. The molecule has 0 aliphatic rings. The van der Waals surface area contributed by atoms with E-state index in [4.69, 9.17) is 23.2 Å². The Hall–Kier alpha value is -2.12. The lowest BCUT2D eigenvalue weighted by Crippen LogP contribution is -2.12. The summed E-state index contributed by atoms with van der Waals surface area (Å²) in [6, 6.07) is 2.11. The van der Waals surface area contributed by atoms with Crippen LogP contribution in [0.15, 0.2) is 29.1 Å². The third kappa shape index (κ3) is 2.83. The lowest BCUT2D eigenvalue weighted by molar-refractivity contribution is -0.384. The van der Waals surface area contributed by atoms with Crippen LogP contribution in [0.5, 0.6) is 0 Å². The van der Waals surface area contributed by atoms with Crippen LogP contribution >= 0.6 is 23.2 Å². The van der Waals surface area contributed by atoms with Crippen LogP contribution in [-0.4, -0.2) is 16.0 Å². The molecule has 0 bridgehead atoms. The van der Waals surface area contributed by atoms with Gasteiger partial charge in [-0.15, -0.1) is 0 Å². The predicted octanol–water partition coefficient (Wildman–Crippen LogP) is 3.14. The molecule has 1 N–H and O–H groups in total. The molecule has 9 heteroatoms. The van der Waals surface area contributed by atoms with Gasteiger partial charge in [0.05, 0.1) is 26.7 Å². The number of aromatic nitrogens is 1. The highest BCUT2D eigenvalue weighted by atomic mass is 35.5. The van der Waals surface area contributed by atoms with Crippen LogP contribution < -0.4 is 5.32 Å². The summed E-state index contributed by atoms with van der Waals surface area (Å²) in [5.41, 5.74) is -0.143. The van der Waals surface area contributed by atoms with Crippen molar-refractivity contribution in [2.24, 2.45) is 0 Å². The molecule has 0 unspecified atom stereocenters. The summed E-state index contributed by atoms with van der Waals surface area (Å²) < 4.78 is 4.54. The number of anilines is 1. The van der Waals surface area contributed by atoms with E-state index in [1.54, 1.807) is 0 Å². The van der Waals surface area contributed by atoms with E-state index in [1.165, 1.54) is 12.5 Å². The van der Waals surface area contributed by atoms with E-state index < -0.39 is 10.8 Å². The third-order valence-electron chi connectivity index (χ3n) is 2.16. The molecule has 1 amide bonds. The Morgan fingerprint density at radius 3 is 2.74 bits per heavy atom. The van der Waals surface area contributed by atoms with Gasteiger partial charge in [0.2, 0.25) is 0 Å². The van der Waals surface area contributed by atoms with E-state index in [-0.39, 0.29) is 21.3 Å². The standard InChI is InChI=1S/C10H5Cl2N3O4/c11-8-2-6(15(17)18)1-7(9(8)12)10(16)14-5-3-13-19-4-5/h1-4H,(H,14,16). The predicted molar refractivity (Wildman–Crippen MR) is 67.6 cm³/mol. The maximum Gasteiger partial charge on any atom is 0.271 e. The van der Waals surface area contributed by atoms with Crippen LogP contribution in [0, 0.1) is 10.1 Å². The van der Waals surface area contributed by atoms with Gasteiger partial charge in [-0.05, 0) is 0 Å². The molecule has 0 saturated heterocycles. The molecule has 0 aliphatic carbocycles. The normalized spacial score (nSPS) is 10.2. The molecule has 1 aromatic carbocycles. The number of rotatable bonds is 3. The molecule has 0 aliphatic heterocycles. The summed E-state index contributed by atoms with van der Waals surface area (Å²) in [4.78, 5) is 21.9. The number of halogens is 2. The number of nitrogens with zero attached hydrogens (tertiary/aromatic N) is 2. The fourth-order valence-corrected chi connectivity index (χ4v) is 1.72. The number of amides is 1. The molecule has 98 valence electrons. The Bertz CT molecular complexity index is 642. The first-order valence-electron chi connectivity index (χ1n) is 4.83. The molecule has 2 rings (SSSR count). The third-order valence-corrected chi connectivity index (χ3v) is 2.96. The second kappa shape index (κ2) is 5.25. The molecule has 1 aromatic heterocycles. The molecular weight excluding hydrogens is 297 g/mol. The minimum Gasteiger partial charge on any atom is -0.363 e. The van der Waals surface area contributed by atoms with E-state index in [2.05, 4.69) is 15.0 Å². The van der Waals surface area contributed by atoms with Gasteiger partial charge >= 0.3 is 0 Å². The van der Waals surface area contributed by atoms with Gasteiger partial charge in [-0.1, -0.05) is 28.4 Å². The fourth-order valence-electron chi connectivity index (χ4n) is 1.31. The number of carbonyl (C=O) groups excluding carboxylic acids is 1. The van der Waals surface area contributed by atoms with Crippen LogP contribution in [0.3, 0.4) is 0 Å². The lowest BCUT2D eigenvalue weighted by atomic mass is 10.2. The van der Waals surface area contributed by atoms with E-state index in [0.29, 0.717) is 5.69 Å². The zero-order valence-corrected chi connectivity index (χ0v) is 10.6. The highest BCUT2D eigenvalue weighted by molar-refractivity contribution is 6.44. The summed E-state index contributed by atoms with van der Waals surface area (Å²) in [6.07, 6.45) is 2.47. The van der Waals surface area contributed by atoms with E-state index in [0.717, 1.165) is 12.1 Å². The summed E-state index contributed by atoms with van der Waals surface area (Å²) in [5.74, 6) is -0.654. The lowest BCUT2D eigenvalue weighted by Gasteiger charge is -2.05. The molecule has 0 atom stereocenters. The average molecular weight is 302 g/mol. The van der Waals surface area contributed by atoms with Crippen molar-refractivity contribution in [1.82, 2.24) is 5.16 Å². The maximum atomic E-state index is 11.9. The van der Waals surface area contributed by atoms with Gasteiger partial charge in [-0.3, -0.25) is 14.9 Å². The van der Waals surface area contributed by atoms with Gasteiger partial charge in [0.15, 0.2) is 0 Å². The van der Waals surface area contributed by atoms with Gasteiger partial charge in [0.25, 0.3) is 11.6 Å². The number of carbonyl (C=O) groups is 1. The van der Waals surface area contributed by atoms with Crippen LogP contribution in [0.2, 0.25) is 10.0 Å². The molecule has 2 aromatic rings. The number of nitrogens with one attached hydrogen (secondary N) is 1. The monoisotopic (exact) mass is 301 g/mol. The summed E-state index contributed by atoms with van der Waals surface area (Å²) in [7, 11) is 0. The second-order valence-corrected chi connectivity index (χ2v) is 4.20. The van der Waals surface area contributed by atoms with Crippen molar-refractivity contribution in [2.75, 3.05) is 5.32 Å². The first-order valence-corrected chi connectivity index (χ1v) is 5.59. The number of nitro benzene ring substituents is 1. The Morgan fingerprint density at radius 2 is 2.16 bits per heavy atom. The molecule has 0 radical (unpaired) electrons. The second-order valence-electron chi connectivity index (χ2n) is 3.41. The number of hydrogen-bond acceptors (Lipinski definition) is 5. The van der Waals surface area contributed by atoms with Crippen LogP contribution in [-0.2, 0) is 0 Å². The van der Waals surface area contributed by atoms with Crippen molar-refractivity contribution in [3.05, 3.63) is 50.3 Å². The van der Waals surface area contributed by atoms with E-state index in [9.17, 15) is 14.9 Å². The Kier molecular flexibility index (Phi) is 3.68. The summed E-state index contributed by atoms with van der Waals surface area (Å²) in [5, 5.41) is 16.4. The highest BCUT2D eigenvalue weighted by Crippen LogP contribution is 2.31. The summed E-state index contributed by atoms with van der Waals surface area (Å²) in [6.45, 7) is 0. The van der Waals surface area contributed by atoms with Crippen LogP contribution in [0.1, 0.15) is 10.4 Å². The van der Waals surface area contributed by atoms with Crippen molar-refractivity contribution in [3.63, 3.8) is 0 Å². The SMILES string of the molecule is O=C(Nc1cnoc1)c1cc([N+](=O)[O-])cc(Cl)c1Cl. The van der Waals surface area contributed by atoms with Gasteiger partial charge in [0.1, 0.15) is 12.0 Å². The Labute approximate surface area is 116 Å². The maximum absolute atomic E-state index is 11.9. The minimum absolute atomic E-state index is 0.0683. The zero-order valence-electron chi connectivity index (χ0n) is 9.09. The molecule has 0 fully saturated rings. The van der Waals surface area contributed by atoms with Crippen molar-refractivity contribution in [3.8, 4) is 0 Å². The van der Waals surface area contributed by atoms with Gasteiger partial charge in [-0.2, -0.15) is 0 Å². The van der Waals surface area contributed by atoms with Crippen molar-refractivity contribution in [1.29, 1.82) is 0 Å². The van der Waals surface area contributed by atoms with Crippen molar-refractivity contribution in [2.45, 2.75) is 0 Å². The van der Waals surface area contributed by atoms with E-state index >= 15 is 0 Å². The Morgan fingerprint density at radius 1 is 1.42 bits per heavy atom. The van der Waals surface area contributed by atoms with Crippen LogP contribution in [0.25, 0.3) is 0 Å². The topological polar surface area (TPSA) is 98.3 Å². The Balaban J connectivity index is 2.38. The minimum atomic E-state index is -0.668. The first kappa shape index (κ1) is 13.3. The molecule has 0 spiro atoms. The molecule has 19 heavy (non-hydrogen) atoms. The molecule has 1 heterocycles. The van der Waals surface area contributed by atoms with Crippen molar-refractivity contribution < 1.29 is 14.2 Å². The van der Waals surface area contributed by atoms with Gasteiger partial charge in [0, 0.05) is 12.1 Å². The average Bonchev–Trinajstić information content (AvgIpc) is 2.84. The summed E-state index contributed by atoms with van der Waals surface area (Å²) >= 11 is 11.6. The number of hydrogen-bond donors (Lipinski definition) is 1. The van der Waals surface area contributed by atoms with Crippen LogP contribution in [0.4, 0.5) is 11.4 Å². The van der Waals surface area contributed by atoms with Gasteiger partial charge in [-0.25, -0.2) is 0 Å². The molecular formula is C10H5Cl2N3O4. The van der Waals surface area contributed by atoms with Gasteiger partial charge < -0.3 is 9.84 Å². The van der Waals surface area contributed by atoms with E-state index in [1.807, 2.05) is 0 Å². The smallest absolute Gasteiger partial charge is 0.271 e. The highest BCUT2D eigenvalue weighted by Gasteiger charge is 2.19. The molecule has 7 nitrogen and oxygen atoms in total. The number of nitro groups is 1. The first-order chi connectivity index (χ1) is 8.99.